The van der Waals surface area contributed by atoms with Gasteiger partial charge in [-0.3, -0.25) is 4.98 Å². The Morgan fingerprint density at radius 1 is 0.757 bits per heavy atom. The smallest absolute Gasteiger partial charge is 0.261 e. The van der Waals surface area contributed by atoms with Crippen LogP contribution in [0.1, 0.15) is 46.9 Å². The molecule has 0 N–H and O–H groups in total. The summed E-state index contributed by atoms with van der Waals surface area (Å²) < 4.78 is 67.3. The third-order valence-corrected chi connectivity index (χ3v) is 6.51. The highest BCUT2D eigenvalue weighted by Crippen LogP contribution is 2.32. The van der Waals surface area contributed by atoms with Gasteiger partial charge in [-0.2, -0.15) is 13.2 Å². The standard InChI is InChI=1S/C31H28F5N/c1-2-3-4-5-23-8-15-26(37-20-23)14-7-21-9-16-27-25(18-21)13-12-24(30(27)33)11-6-22-10-17-28(29(32)19-22)31(34,35)36/h2-3,8-10,12-13,15-20H,4-7,11,14H2,1H3/b3-2+. The average molecular weight is 510 g/mol. The van der Waals surface area contributed by atoms with Gasteiger partial charge in [0.1, 0.15) is 11.6 Å². The van der Waals surface area contributed by atoms with Crippen molar-refractivity contribution < 1.29 is 22.0 Å². The van der Waals surface area contributed by atoms with Crippen molar-refractivity contribution in [3.63, 3.8) is 0 Å². The van der Waals surface area contributed by atoms with E-state index in [-0.39, 0.29) is 18.7 Å². The first-order valence-electron chi connectivity index (χ1n) is 12.3. The number of hydrogen-bond donors (Lipinski definition) is 0. The molecule has 0 saturated carbocycles. The number of rotatable bonds is 9. The Balaban J connectivity index is 1.39. The van der Waals surface area contributed by atoms with E-state index in [2.05, 4.69) is 23.2 Å². The first-order valence-corrected chi connectivity index (χ1v) is 12.3. The number of allylic oxidation sites excluding steroid dienone is 2. The topological polar surface area (TPSA) is 12.9 Å². The molecule has 0 aliphatic heterocycles. The second-order valence-corrected chi connectivity index (χ2v) is 9.17. The molecule has 0 unspecified atom stereocenters. The minimum absolute atomic E-state index is 0.233. The van der Waals surface area contributed by atoms with Gasteiger partial charge in [0, 0.05) is 17.3 Å². The van der Waals surface area contributed by atoms with E-state index in [1.165, 1.54) is 11.6 Å². The molecule has 0 atom stereocenters. The van der Waals surface area contributed by atoms with Crippen molar-refractivity contribution in [3.8, 4) is 0 Å². The van der Waals surface area contributed by atoms with Crippen LogP contribution in [-0.2, 0) is 38.3 Å². The highest BCUT2D eigenvalue weighted by molar-refractivity contribution is 5.84. The molecule has 0 aliphatic carbocycles. The summed E-state index contributed by atoms with van der Waals surface area (Å²) in [6.07, 6.45) is 5.39. The lowest BCUT2D eigenvalue weighted by atomic mass is 9.97. The lowest BCUT2D eigenvalue weighted by molar-refractivity contribution is -0.140. The maximum Gasteiger partial charge on any atom is 0.419 e. The van der Waals surface area contributed by atoms with Crippen molar-refractivity contribution in [2.45, 2.75) is 51.6 Å². The van der Waals surface area contributed by atoms with E-state index < -0.39 is 17.6 Å². The second-order valence-electron chi connectivity index (χ2n) is 9.17. The minimum Gasteiger partial charge on any atom is -0.261 e. The van der Waals surface area contributed by atoms with Crippen LogP contribution >= 0.6 is 0 Å². The van der Waals surface area contributed by atoms with Gasteiger partial charge in [0.15, 0.2) is 0 Å². The van der Waals surface area contributed by atoms with Crippen LogP contribution in [0, 0.1) is 11.6 Å². The van der Waals surface area contributed by atoms with Crippen molar-refractivity contribution in [1.82, 2.24) is 4.98 Å². The van der Waals surface area contributed by atoms with Crippen LogP contribution < -0.4 is 0 Å². The summed E-state index contributed by atoms with van der Waals surface area (Å²) in [5, 5.41) is 1.27. The SMILES string of the molecule is C/C=C/CCc1ccc(CCc2ccc3c(F)c(CCc4ccc(C(F)(F)F)c(F)c4)ccc3c2)nc1. The zero-order valence-corrected chi connectivity index (χ0v) is 20.6. The lowest BCUT2D eigenvalue weighted by Crippen LogP contribution is -2.08. The Bertz CT molecular complexity index is 1390. The van der Waals surface area contributed by atoms with Crippen LogP contribution in [0.4, 0.5) is 22.0 Å². The van der Waals surface area contributed by atoms with E-state index in [0.717, 1.165) is 54.5 Å². The molecule has 6 heteroatoms. The zero-order valence-electron chi connectivity index (χ0n) is 20.6. The molecule has 0 bridgehead atoms. The predicted molar refractivity (Wildman–Crippen MR) is 137 cm³/mol. The summed E-state index contributed by atoms with van der Waals surface area (Å²) in [7, 11) is 0. The van der Waals surface area contributed by atoms with Gasteiger partial charge < -0.3 is 0 Å². The number of aromatic nitrogens is 1. The average Bonchev–Trinajstić information content (AvgIpc) is 2.87. The summed E-state index contributed by atoms with van der Waals surface area (Å²) >= 11 is 0. The van der Waals surface area contributed by atoms with Gasteiger partial charge in [0.25, 0.3) is 0 Å². The van der Waals surface area contributed by atoms with Gasteiger partial charge in [-0.25, -0.2) is 8.78 Å². The van der Waals surface area contributed by atoms with Crippen molar-refractivity contribution in [2.75, 3.05) is 0 Å². The number of hydrogen-bond acceptors (Lipinski definition) is 1. The molecular formula is C31H28F5N. The largest absolute Gasteiger partial charge is 0.419 e. The molecule has 1 nitrogen and oxygen atoms in total. The molecule has 192 valence electrons. The Hall–Kier alpha value is -3.54. The molecule has 4 aromatic rings. The van der Waals surface area contributed by atoms with Crippen LogP contribution in [0.2, 0.25) is 0 Å². The quantitative estimate of drug-likeness (QED) is 0.163. The van der Waals surface area contributed by atoms with Gasteiger partial charge in [-0.1, -0.05) is 54.6 Å². The number of halogens is 5. The minimum atomic E-state index is -4.74. The molecule has 37 heavy (non-hydrogen) atoms. The molecule has 0 radical (unpaired) electrons. The lowest BCUT2D eigenvalue weighted by Gasteiger charge is -2.11. The van der Waals surface area contributed by atoms with E-state index in [9.17, 15) is 17.6 Å². The zero-order chi connectivity index (χ0) is 26.4. The Kier molecular flexibility index (Phi) is 8.37. The first kappa shape index (κ1) is 26.5. The molecule has 0 spiro atoms. The van der Waals surface area contributed by atoms with E-state index in [1.807, 2.05) is 37.4 Å². The number of nitrogens with zero attached hydrogens (tertiary/aromatic N) is 1. The second kappa shape index (κ2) is 11.7. The maximum atomic E-state index is 15.2. The summed E-state index contributed by atoms with van der Waals surface area (Å²) in [5.74, 6) is -1.67. The molecule has 0 saturated heterocycles. The summed E-state index contributed by atoms with van der Waals surface area (Å²) in [5.41, 5.74) is 2.84. The van der Waals surface area contributed by atoms with Crippen LogP contribution in [0.15, 0.2) is 79.0 Å². The number of fused-ring (bicyclic) bond motifs is 1. The van der Waals surface area contributed by atoms with Crippen LogP contribution in [-0.4, -0.2) is 4.98 Å². The van der Waals surface area contributed by atoms with Crippen molar-refractivity contribution in [2.24, 2.45) is 0 Å². The molecular weight excluding hydrogens is 481 g/mol. The number of benzene rings is 3. The van der Waals surface area contributed by atoms with E-state index in [1.54, 1.807) is 12.1 Å². The van der Waals surface area contributed by atoms with Crippen LogP contribution in [0.3, 0.4) is 0 Å². The fourth-order valence-corrected chi connectivity index (χ4v) is 4.40. The van der Waals surface area contributed by atoms with Crippen molar-refractivity contribution in [3.05, 3.63) is 124 Å². The summed E-state index contributed by atoms with van der Waals surface area (Å²) in [6, 6.07) is 16.2. The highest BCUT2D eigenvalue weighted by Gasteiger charge is 2.33. The normalized spacial score (nSPS) is 12.1. The third-order valence-electron chi connectivity index (χ3n) is 6.51. The van der Waals surface area contributed by atoms with E-state index >= 15 is 4.39 Å². The summed E-state index contributed by atoms with van der Waals surface area (Å²) in [4.78, 5) is 4.56. The molecule has 0 fully saturated rings. The van der Waals surface area contributed by atoms with Gasteiger partial charge in [-0.05, 0) is 91.3 Å². The predicted octanol–water partition coefficient (Wildman–Crippen LogP) is 8.61. The first-order chi connectivity index (χ1) is 17.7. The molecule has 4 rings (SSSR count). The van der Waals surface area contributed by atoms with Crippen LogP contribution in [0.5, 0.6) is 0 Å². The molecule has 0 amide bonds. The Morgan fingerprint density at radius 2 is 1.49 bits per heavy atom. The Labute approximate surface area is 213 Å². The van der Waals surface area contributed by atoms with E-state index in [4.69, 9.17) is 0 Å². The monoisotopic (exact) mass is 509 g/mol. The fourth-order valence-electron chi connectivity index (χ4n) is 4.40. The molecule has 1 heterocycles. The number of aryl methyl sites for hydroxylation is 5. The van der Waals surface area contributed by atoms with Gasteiger partial charge in [-0.15, -0.1) is 0 Å². The van der Waals surface area contributed by atoms with Gasteiger partial charge in [0.2, 0.25) is 0 Å². The van der Waals surface area contributed by atoms with Crippen molar-refractivity contribution >= 4 is 10.8 Å². The number of pyridine rings is 1. The van der Waals surface area contributed by atoms with Crippen LogP contribution in [0.25, 0.3) is 10.8 Å². The summed E-state index contributed by atoms with van der Waals surface area (Å²) in [6.45, 7) is 2.01. The molecule has 0 aliphatic rings. The number of alkyl halides is 3. The molecule has 3 aromatic carbocycles. The highest BCUT2D eigenvalue weighted by atomic mass is 19.4. The third kappa shape index (κ3) is 6.82. The maximum absolute atomic E-state index is 15.2. The van der Waals surface area contributed by atoms with Crippen molar-refractivity contribution in [1.29, 1.82) is 0 Å². The fraction of sp³-hybridized carbons (Fsp3) is 0.258. The Morgan fingerprint density at radius 3 is 2.19 bits per heavy atom. The van der Waals surface area contributed by atoms with Gasteiger partial charge in [0.05, 0.1) is 5.56 Å². The van der Waals surface area contributed by atoms with E-state index in [0.29, 0.717) is 16.5 Å². The van der Waals surface area contributed by atoms with Gasteiger partial charge >= 0.3 is 6.18 Å². The molecule has 1 aromatic heterocycles.